The Morgan fingerprint density at radius 1 is 1.35 bits per heavy atom. The molecule has 0 saturated heterocycles. The van der Waals surface area contributed by atoms with Gasteiger partial charge in [-0.15, -0.1) is 0 Å². The van der Waals surface area contributed by atoms with Crippen LogP contribution in [0.5, 0.6) is 0 Å². The minimum absolute atomic E-state index is 0.00840. The molecule has 0 aliphatic heterocycles. The third-order valence-corrected chi connectivity index (χ3v) is 3.11. The average molecular weight is 255 g/mol. The molecule has 0 fully saturated rings. The SMILES string of the molecule is COC(=O)c1cc2cc(S(N)(=O)=O)ccc2o1. The maximum absolute atomic E-state index is 11.2. The van der Waals surface area contributed by atoms with Crippen LogP contribution < -0.4 is 5.14 Å². The van der Waals surface area contributed by atoms with E-state index in [0.717, 1.165) is 0 Å². The molecule has 0 unspecified atom stereocenters. The molecule has 1 aromatic heterocycles. The molecule has 0 saturated carbocycles. The smallest absolute Gasteiger partial charge is 0.373 e. The summed E-state index contributed by atoms with van der Waals surface area (Å²) in [7, 11) is -2.54. The van der Waals surface area contributed by atoms with Crippen molar-refractivity contribution in [1.82, 2.24) is 0 Å². The van der Waals surface area contributed by atoms with E-state index in [1.54, 1.807) is 0 Å². The zero-order valence-electron chi connectivity index (χ0n) is 8.84. The number of esters is 1. The molecule has 0 radical (unpaired) electrons. The molecule has 0 bridgehead atoms. The number of hydrogen-bond donors (Lipinski definition) is 1. The number of primary sulfonamides is 1. The van der Waals surface area contributed by atoms with E-state index in [1.165, 1.54) is 31.4 Å². The molecule has 0 aliphatic rings. The van der Waals surface area contributed by atoms with Crippen LogP contribution in [0, 0.1) is 0 Å². The van der Waals surface area contributed by atoms with E-state index < -0.39 is 16.0 Å². The van der Waals surface area contributed by atoms with Crippen LogP contribution >= 0.6 is 0 Å². The first-order valence-electron chi connectivity index (χ1n) is 4.56. The predicted molar refractivity (Wildman–Crippen MR) is 58.9 cm³/mol. The van der Waals surface area contributed by atoms with Gasteiger partial charge in [0.2, 0.25) is 15.8 Å². The maximum atomic E-state index is 11.2. The predicted octanol–water partition coefficient (Wildman–Crippen LogP) is 0.867. The minimum Gasteiger partial charge on any atom is -0.463 e. The molecule has 1 aromatic carbocycles. The molecular weight excluding hydrogens is 246 g/mol. The van der Waals surface area contributed by atoms with Crippen LogP contribution in [0.2, 0.25) is 0 Å². The molecule has 1 heterocycles. The van der Waals surface area contributed by atoms with Gasteiger partial charge in [-0.2, -0.15) is 0 Å². The lowest BCUT2D eigenvalue weighted by Crippen LogP contribution is -2.11. The first kappa shape index (κ1) is 11.6. The summed E-state index contributed by atoms with van der Waals surface area (Å²) in [5, 5.41) is 5.46. The second kappa shape index (κ2) is 3.86. The standard InChI is InChI=1S/C10H9NO5S/c1-15-10(12)9-5-6-4-7(17(11,13)14)2-3-8(6)16-9/h2-5H,1H3,(H2,11,13,14). The monoisotopic (exact) mass is 255 g/mol. The molecule has 0 atom stereocenters. The van der Waals surface area contributed by atoms with Crippen LogP contribution in [0.1, 0.15) is 10.6 Å². The number of hydrogen-bond acceptors (Lipinski definition) is 5. The van der Waals surface area contributed by atoms with E-state index in [9.17, 15) is 13.2 Å². The quantitative estimate of drug-likeness (QED) is 0.802. The van der Waals surface area contributed by atoms with E-state index in [0.29, 0.717) is 11.0 Å². The number of carbonyl (C=O) groups excluding carboxylic acids is 1. The lowest BCUT2D eigenvalue weighted by Gasteiger charge is -1.96. The van der Waals surface area contributed by atoms with E-state index in [1.807, 2.05) is 0 Å². The van der Waals surface area contributed by atoms with E-state index in [2.05, 4.69) is 4.74 Å². The Labute approximate surface area is 97.0 Å². The third-order valence-electron chi connectivity index (χ3n) is 2.20. The summed E-state index contributed by atoms with van der Waals surface area (Å²) in [4.78, 5) is 11.2. The van der Waals surface area contributed by atoms with Crippen LogP contribution in [0.3, 0.4) is 0 Å². The van der Waals surface area contributed by atoms with Gasteiger partial charge in [0.25, 0.3) is 0 Å². The average Bonchev–Trinajstić information content (AvgIpc) is 2.69. The fourth-order valence-electron chi connectivity index (χ4n) is 1.40. The number of benzene rings is 1. The lowest BCUT2D eigenvalue weighted by molar-refractivity contribution is 0.0567. The number of nitrogens with two attached hydrogens (primary N) is 1. The largest absolute Gasteiger partial charge is 0.463 e. The molecule has 2 N–H and O–H groups in total. The number of furan rings is 1. The van der Waals surface area contributed by atoms with Crippen molar-refractivity contribution >= 4 is 27.0 Å². The van der Waals surface area contributed by atoms with Gasteiger partial charge in [-0.3, -0.25) is 0 Å². The van der Waals surface area contributed by atoms with Gasteiger partial charge in [0.05, 0.1) is 12.0 Å². The highest BCUT2D eigenvalue weighted by Gasteiger charge is 2.14. The van der Waals surface area contributed by atoms with Crippen LogP contribution in [0.25, 0.3) is 11.0 Å². The highest BCUT2D eigenvalue weighted by Crippen LogP contribution is 2.22. The van der Waals surface area contributed by atoms with Crippen molar-refractivity contribution in [3.63, 3.8) is 0 Å². The Bertz CT molecular complexity index is 686. The molecule has 6 nitrogen and oxygen atoms in total. The van der Waals surface area contributed by atoms with Gasteiger partial charge in [0, 0.05) is 5.39 Å². The van der Waals surface area contributed by atoms with Crippen LogP contribution in [-0.4, -0.2) is 21.5 Å². The molecule has 0 aliphatic carbocycles. The molecule has 17 heavy (non-hydrogen) atoms. The summed E-state index contributed by atoms with van der Waals surface area (Å²) in [5.74, 6) is -0.618. The first-order valence-corrected chi connectivity index (χ1v) is 6.11. The molecule has 90 valence electrons. The number of sulfonamides is 1. The van der Waals surface area contributed by atoms with Gasteiger partial charge in [0.1, 0.15) is 5.58 Å². The Balaban J connectivity index is 2.60. The van der Waals surface area contributed by atoms with Crippen molar-refractivity contribution in [2.24, 2.45) is 5.14 Å². The summed E-state index contributed by atoms with van der Waals surface area (Å²) in [5.41, 5.74) is 0.387. The van der Waals surface area contributed by atoms with Crippen molar-refractivity contribution in [2.45, 2.75) is 4.90 Å². The fraction of sp³-hybridized carbons (Fsp3) is 0.100. The number of ether oxygens (including phenoxy) is 1. The van der Waals surface area contributed by atoms with Crippen molar-refractivity contribution in [1.29, 1.82) is 0 Å². The van der Waals surface area contributed by atoms with Gasteiger partial charge in [-0.1, -0.05) is 0 Å². The third kappa shape index (κ3) is 2.15. The van der Waals surface area contributed by atoms with Crippen LogP contribution in [0.15, 0.2) is 33.6 Å². The molecule has 7 heteroatoms. The highest BCUT2D eigenvalue weighted by atomic mass is 32.2. The topological polar surface area (TPSA) is 99.6 Å². The van der Waals surface area contributed by atoms with Crippen molar-refractivity contribution in [2.75, 3.05) is 7.11 Å². The summed E-state index contributed by atoms with van der Waals surface area (Å²) < 4.78 is 31.9. The Hall–Kier alpha value is -1.86. The van der Waals surface area contributed by atoms with Crippen LogP contribution in [-0.2, 0) is 14.8 Å². The second-order valence-electron chi connectivity index (χ2n) is 3.35. The van der Waals surface area contributed by atoms with E-state index in [4.69, 9.17) is 9.56 Å². The van der Waals surface area contributed by atoms with Gasteiger partial charge in [-0.05, 0) is 24.3 Å². The highest BCUT2D eigenvalue weighted by molar-refractivity contribution is 7.89. The number of methoxy groups -OCH3 is 1. The molecule has 0 amide bonds. The van der Waals surface area contributed by atoms with Gasteiger partial charge in [0.15, 0.2) is 0 Å². The van der Waals surface area contributed by atoms with E-state index in [-0.39, 0.29) is 10.7 Å². The maximum Gasteiger partial charge on any atom is 0.373 e. The van der Waals surface area contributed by atoms with Crippen molar-refractivity contribution in [3.8, 4) is 0 Å². The molecule has 2 rings (SSSR count). The second-order valence-corrected chi connectivity index (χ2v) is 4.91. The zero-order chi connectivity index (χ0) is 12.6. The zero-order valence-corrected chi connectivity index (χ0v) is 9.65. The van der Waals surface area contributed by atoms with Crippen molar-refractivity contribution in [3.05, 3.63) is 30.0 Å². The Morgan fingerprint density at radius 2 is 2.06 bits per heavy atom. The van der Waals surface area contributed by atoms with Crippen LogP contribution in [0.4, 0.5) is 0 Å². The van der Waals surface area contributed by atoms with Gasteiger partial charge in [-0.25, -0.2) is 18.4 Å². The molecule has 0 spiro atoms. The summed E-state index contributed by atoms with van der Waals surface area (Å²) >= 11 is 0. The summed E-state index contributed by atoms with van der Waals surface area (Å²) in [6.07, 6.45) is 0. The normalized spacial score (nSPS) is 11.6. The number of rotatable bonds is 2. The fourth-order valence-corrected chi connectivity index (χ4v) is 1.95. The first-order chi connectivity index (χ1) is 7.91. The lowest BCUT2D eigenvalue weighted by atomic mass is 10.2. The van der Waals surface area contributed by atoms with E-state index >= 15 is 0 Å². The summed E-state index contributed by atoms with van der Waals surface area (Å²) in [6.45, 7) is 0. The van der Waals surface area contributed by atoms with Gasteiger partial charge < -0.3 is 9.15 Å². The Morgan fingerprint density at radius 3 is 2.65 bits per heavy atom. The van der Waals surface area contributed by atoms with Crippen molar-refractivity contribution < 1.29 is 22.4 Å². The minimum atomic E-state index is -3.77. The van der Waals surface area contributed by atoms with Gasteiger partial charge >= 0.3 is 5.97 Å². The Kier molecular flexibility index (Phi) is 2.64. The number of fused-ring (bicyclic) bond motifs is 1. The number of carbonyl (C=O) groups is 1. The molecule has 2 aromatic rings. The summed E-state index contributed by atoms with van der Waals surface area (Å²) in [6, 6.07) is 5.47. The molecular formula is C10H9NO5S.